The van der Waals surface area contributed by atoms with E-state index in [2.05, 4.69) is 30.5 Å². The molecule has 2 N–H and O–H groups in total. The number of thiophene rings is 1. The minimum absolute atomic E-state index is 0.295. The van der Waals surface area contributed by atoms with Gasteiger partial charge in [0.25, 0.3) is 11.1 Å². The van der Waals surface area contributed by atoms with Gasteiger partial charge in [0.2, 0.25) is 5.95 Å². The zero-order valence-corrected chi connectivity index (χ0v) is 20.4. The summed E-state index contributed by atoms with van der Waals surface area (Å²) in [6.45, 7) is 2.88. The van der Waals surface area contributed by atoms with Crippen molar-refractivity contribution in [1.82, 2.24) is 25.6 Å². The number of carbonyl (C=O) groups excluding carboxylic acids is 2. The molecule has 0 atom stereocenters. The highest BCUT2D eigenvalue weighted by Crippen LogP contribution is 2.26. The first-order valence-electron chi connectivity index (χ1n) is 11.3. The molecule has 0 aromatic carbocycles. The molecular weight excluding hydrogens is 487 g/mol. The van der Waals surface area contributed by atoms with Crippen molar-refractivity contribution in [2.24, 2.45) is 5.92 Å². The van der Waals surface area contributed by atoms with Crippen molar-refractivity contribution in [2.75, 3.05) is 24.5 Å². The monoisotopic (exact) mass is 510 g/mol. The lowest BCUT2D eigenvalue weighted by Gasteiger charge is -2.32. The largest absolute Gasteiger partial charge is 0.341 e. The highest BCUT2D eigenvalue weighted by molar-refractivity contribution is 8.18. The van der Waals surface area contributed by atoms with Crippen LogP contribution in [0.4, 0.5) is 15.1 Å². The summed E-state index contributed by atoms with van der Waals surface area (Å²) in [5.74, 6) is 0.390. The van der Waals surface area contributed by atoms with Gasteiger partial charge in [-0.15, -0.1) is 0 Å². The van der Waals surface area contributed by atoms with Gasteiger partial charge in [0.1, 0.15) is 5.82 Å². The van der Waals surface area contributed by atoms with Crippen LogP contribution in [0.2, 0.25) is 0 Å². The van der Waals surface area contributed by atoms with Gasteiger partial charge in [-0.25, -0.2) is 14.4 Å². The highest BCUT2D eigenvalue weighted by Gasteiger charge is 2.26. The molecule has 2 fully saturated rings. The number of rotatable bonds is 7. The second kappa shape index (κ2) is 10.6. The van der Waals surface area contributed by atoms with Crippen molar-refractivity contribution in [3.05, 3.63) is 63.3 Å². The average molecular weight is 511 g/mol. The first-order chi connectivity index (χ1) is 17.0. The van der Waals surface area contributed by atoms with Gasteiger partial charge >= 0.3 is 0 Å². The third kappa shape index (κ3) is 5.75. The molecule has 3 aromatic heterocycles. The Morgan fingerprint density at radius 1 is 1.23 bits per heavy atom. The summed E-state index contributed by atoms with van der Waals surface area (Å²) in [7, 11) is 0. The third-order valence-electron chi connectivity index (χ3n) is 5.98. The first-order valence-corrected chi connectivity index (χ1v) is 13.0. The Morgan fingerprint density at radius 2 is 2.09 bits per heavy atom. The number of pyridine rings is 1. The normalized spacial score (nSPS) is 17.9. The average Bonchev–Trinajstić information content (AvgIpc) is 3.51. The Morgan fingerprint density at radius 3 is 2.83 bits per heavy atom. The van der Waals surface area contributed by atoms with Gasteiger partial charge in [0, 0.05) is 42.3 Å². The Bertz CT molecular complexity index is 1260. The highest BCUT2D eigenvalue weighted by atomic mass is 32.2. The molecule has 11 heteroatoms. The van der Waals surface area contributed by atoms with Gasteiger partial charge in [-0.3, -0.25) is 19.9 Å². The van der Waals surface area contributed by atoms with E-state index in [4.69, 9.17) is 0 Å². The number of aromatic nitrogens is 3. The molecule has 2 amide bonds. The molecule has 2 aliphatic heterocycles. The maximum atomic E-state index is 14.3. The van der Waals surface area contributed by atoms with Gasteiger partial charge in [-0.2, -0.15) is 11.3 Å². The van der Waals surface area contributed by atoms with Crippen molar-refractivity contribution in [1.29, 1.82) is 0 Å². The van der Waals surface area contributed by atoms with Crippen molar-refractivity contribution in [3.63, 3.8) is 0 Å². The van der Waals surface area contributed by atoms with Gasteiger partial charge in [-0.1, -0.05) is 0 Å². The number of thioether (sulfide) groups is 1. The summed E-state index contributed by atoms with van der Waals surface area (Å²) >= 11 is 2.46. The summed E-state index contributed by atoms with van der Waals surface area (Å²) in [5, 5.41) is 9.27. The summed E-state index contributed by atoms with van der Waals surface area (Å²) in [4.78, 5) is 38.7. The Labute approximate surface area is 210 Å². The van der Waals surface area contributed by atoms with Crippen LogP contribution in [0.1, 0.15) is 24.1 Å². The number of halogens is 1. The number of anilines is 1. The van der Waals surface area contributed by atoms with E-state index < -0.39 is 5.91 Å². The smallest absolute Gasteiger partial charge is 0.290 e. The number of imide groups is 1. The summed E-state index contributed by atoms with van der Waals surface area (Å²) in [6.07, 6.45) is 6.49. The van der Waals surface area contributed by atoms with E-state index in [1.165, 1.54) is 6.20 Å². The molecular formula is C24H23FN6O2S2. The van der Waals surface area contributed by atoms with Crippen molar-refractivity contribution < 1.29 is 14.0 Å². The minimum Gasteiger partial charge on any atom is -0.341 e. The maximum Gasteiger partial charge on any atom is 0.290 e. The number of carbonyl (C=O) groups is 2. The number of amides is 2. The first kappa shape index (κ1) is 23.6. The number of nitrogens with one attached hydrogen (secondary N) is 2. The number of hydrogen-bond donors (Lipinski definition) is 2. The molecule has 2 aliphatic rings. The lowest BCUT2D eigenvalue weighted by Crippen LogP contribution is -2.38. The molecule has 5 rings (SSSR count). The van der Waals surface area contributed by atoms with E-state index >= 15 is 0 Å². The Hall–Kier alpha value is -3.15. The minimum atomic E-state index is -0.400. The fraction of sp³-hybridized carbons (Fsp3) is 0.292. The van der Waals surface area contributed by atoms with Crippen LogP contribution in [-0.2, 0) is 11.3 Å². The van der Waals surface area contributed by atoms with Gasteiger partial charge < -0.3 is 10.2 Å². The van der Waals surface area contributed by atoms with Crippen LogP contribution in [0.3, 0.4) is 0 Å². The molecule has 2 saturated heterocycles. The standard InChI is InChI=1S/C24H23FN6O2S2/c25-19-13-28-20(16-4-8-34-14-16)9-17(19)12-26-11-15-2-6-31(7-3-15)23-27-5-1-18(29-23)10-21-22(32)30-24(33)35-21/h1,4-5,8-10,13-15,26H,2-3,6-7,11-12H2,(H,30,32,33). The summed E-state index contributed by atoms with van der Waals surface area (Å²) in [5.41, 5.74) is 3.00. The zero-order valence-electron chi connectivity index (χ0n) is 18.7. The molecule has 0 saturated carbocycles. The van der Waals surface area contributed by atoms with E-state index in [9.17, 15) is 14.0 Å². The third-order valence-corrected chi connectivity index (χ3v) is 7.48. The molecule has 35 heavy (non-hydrogen) atoms. The molecule has 5 heterocycles. The molecule has 180 valence electrons. The van der Waals surface area contributed by atoms with Crippen LogP contribution in [0, 0.1) is 11.7 Å². The predicted octanol–water partition coefficient (Wildman–Crippen LogP) is 4.07. The van der Waals surface area contributed by atoms with Crippen LogP contribution in [0.15, 0.2) is 46.3 Å². The van der Waals surface area contributed by atoms with E-state index in [0.29, 0.717) is 34.6 Å². The quantitative estimate of drug-likeness (QED) is 0.459. The summed E-state index contributed by atoms with van der Waals surface area (Å²) < 4.78 is 14.3. The molecule has 0 radical (unpaired) electrons. The number of piperidine rings is 1. The van der Waals surface area contributed by atoms with Crippen molar-refractivity contribution in [2.45, 2.75) is 19.4 Å². The van der Waals surface area contributed by atoms with Crippen LogP contribution in [0.25, 0.3) is 17.3 Å². The molecule has 0 spiro atoms. The van der Waals surface area contributed by atoms with Crippen LogP contribution < -0.4 is 15.5 Å². The van der Waals surface area contributed by atoms with Crippen molar-refractivity contribution in [3.8, 4) is 11.3 Å². The maximum absolute atomic E-state index is 14.3. The van der Waals surface area contributed by atoms with E-state index in [1.807, 2.05) is 22.9 Å². The van der Waals surface area contributed by atoms with Crippen LogP contribution in [0.5, 0.6) is 0 Å². The summed E-state index contributed by atoms with van der Waals surface area (Å²) in [6, 6.07) is 5.51. The predicted molar refractivity (Wildman–Crippen MR) is 135 cm³/mol. The SMILES string of the molecule is O=C1NC(=O)C(=Cc2ccnc(N3CCC(CNCc4cc(-c5ccsc5)ncc4F)CC3)n2)S1. The second-order valence-corrected chi connectivity index (χ2v) is 10.2. The van der Waals surface area contributed by atoms with E-state index in [1.54, 1.807) is 29.7 Å². The zero-order chi connectivity index (χ0) is 24.2. The molecule has 8 nitrogen and oxygen atoms in total. The van der Waals surface area contributed by atoms with Crippen LogP contribution in [-0.4, -0.2) is 45.7 Å². The molecule has 0 unspecified atom stereocenters. The topological polar surface area (TPSA) is 100 Å². The second-order valence-electron chi connectivity index (χ2n) is 8.37. The molecule has 0 aliphatic carbocycles. The lowest BCUT2D eigenvalue weighted by atomic mass is 9.97. The van der Waals surface area contributed by atoms with E-state index in [-0.39, 0.29) is 11.1 Å². The van der Waals surface area contributed by atoms with Gasteiger partial charge in [-0.05, 0) is 66.7 Å². The molecule has 3 aromatic rings. The fourth-order valence-corrected chi connectivity index (χ4v) is 5.40. The fourth-order valence-electron chi connectivity index (χ4n) is 4.08. The molecule has 0 bridgehead atoms. The Kier molecular flexibility index (Phi) is 7.16. The van der Waals surface area contributed by atoms with E-state index in [0.717, 1.165) is 55.5 Å². The Balaban J connectivity index is 1.13. The number of nitrogens with zero attached hydrogens (tertiary/aromatic N) is 4. The lowest BCUT2D eigenvalue weighted by molar-refractivity contribution is -0.115. The van der Waals surface area contributed by atoms with Gasteiger partial charge in [0.05, 0.1) is 22.5 Å². The van der Waals surface area contributed by atoms with Crippen LogP contribution >= 0.6 is 23.1 Å². The number of hydrogen-bond acceptors (Lipinski definition) is 9. The van der Waals surface area contributed by atoms with Gasteiger partial charge in [0.15, 0.2) is 0 Å². The van der Waals surface area contributed by atoms with Crippen molar-refractivity contribution >= 4 is 46.3 Å².